The number of aromatic nitrogens is 4. The van der Waals surface area contributed by atoms with Crippen molar-refractivity contribution < 1.29 is 9.26 Å². The van der Waals surface area contributed by atoms with Crippen LogP contribution in [-0.2, 0) is 10.8 Å². The zero-order valence-electron chi connectivity index (χ0n) is 21.4. The van der Waals surface area contributed by atoms with Crippen molar-refractivity contribution in [3.05, 3.63) is 48.4 Å². The van der Waals surface area contributed by atoms with Gasteiger partial charge in [-0.05, 0) is 62.1 Å². The fraction of sp³-hybridized carbons (Fsp3) is 0.571. The molecular weight excluding hydrogens is 438 g/mol. The lowest BCUT2D eigenvalue weighted by molar-refractivity contribution is 0.0732. The first kappa shape index (κ1) is 23.8. The van der Waals surface area contributed by atoms with Crippen LogP contribution in [0, 0.1) is 11.8 Å². The third-order valence-corrected chi connectivity index (χ3v) is 7.76. The molecular formula is C28H37N5O2. The summed E-state index contributed by atoms with van der Waals surface area (Å²) in [7, 11) is 0. The molecule has 7 heteroatoms. The van der Waals surface area contributed by atoms with Crippen LogP contribution in [0.4, 0.5) is 5.69 Å². The van der Waals surface area contributed by atoms with Gasteiger partial charge in [0.2, 0.25) is 5.89 Å². The van der Waals surface area contributed by atoms with Gasteiger partial charge in [-0.2, -0.15) is 4.98 Å². The second kappa shape index (κ2) is 9.59. The molecule has 2 fully saturated rings. The van der Waals surface area contributed by atoms with E-state index in [4.69, 9.17) is 14.2 Å². The summed E-state index contributed by atoms with van der Waals surface area (Å²) in [5, 5.41) is 8.05. The van der Waals surface area contributed by atoms with Crippen LogP contribution in [0.5, 0.6) is 6.01 Å². The highest BCUT2D eigenvalue weighted by molar-refractivity contribution is 5.66. The van der Waals surface area contributed by atoms with Crippen LogP contribution in [0.1, 0.15) is 77.9 Å². The standard InChI is InChI=1S/C28H37N5O2/c1-5-34-26-30-17-22(18-31-26)19-8-6-10-23(14-19)29-16-21-11-13-28(12-7-9-20(21)15-28)25-32-24(33-35-25)27(2,3)4/h6,8,10,14,17-18,20-21,29H,5,7,9,11-13,15-16H2,1-4H3. The van der Waals surface area contributed by atoms with E-state index in [-0.39, 0.29) is 10.8 Å². The summed E-state index contributed by atoms with van der Waals surface area (Å²) in [5.41, 5.74) is 3.21. The van der Waals surface area contributed by atoms with Gasteiger partial charge in [-0.1, -0.05) is 50.9 Å². The number of fused-ring (bicyclic) bond motifs is 2. The van der Waals surface area contributed by atoms with Gasteiger partial charge in [0.05, 0.1) is 6.61 Å². The molecule has 1 N–H and O–H groups in total. The summed E-state index contributed by atoms with van der Waals surface area (Å²) < 4.78 is 11.2. The largest absolute Gasteiger partial charge is 0.464 e. The van der Waals surface area contributed by atoms with E-state index in [1.807, 2.05) is 19.3 Å². The van der Waals surface area contributed by atoms with Gasteiger partial charge in [-0.15, -0.1) is 0 Å². The lowest BCUT2D eigenvalue weighted by Gasteiger charge is -2.46. The Morgan fingerprint density at radius 1 is 1.11 bits per heavy atom. The maximum atomic E-state index is 5.85. The van der Waals surface area contributed by atoms with Crippen molar-refractivity contribution in [2.45, 2.75) is 77.0 Å². The van der Waals surface area contributed by atoms with Crippen molar-refractivity contribution in [1.29, 1.82) is 0 Å². The molecule has 2 saturated carbocycles. The highest BCUT2D eigenvalue weighted by Gasteiger charge is 2.48. The second-order valence-corrected chi connectivity index (χ2v) is 11.3. The van der Waals surface area contributed by atoms with Gasteiger partial charge in [-0.3, -0.25) is 0 Å². The van der Waals surface area contributed by atoms with Gasteiger partial charge in [0.25, 0.3) is 0 Å². The Balaban J connectivity index is 1.23. The number of nitrogens with zero attached hydrogens (tertiary/aromatic N) is 4. The molecule has 0 radical (unpaired) electrons. The summed E-state index contributed by atoms with van der Waals surface area (Å²) in [5.74, 6) is 3.05. The van der Waals surface area contributed by atoms with E-state index < -0.39 is 0 Å². The van der Waals surface area contributed by atoms with Crippen LogP contribution >= 0.6 is 0 Å². The SMILES string of the molecule is CCOc1ncc(-c2cccc(NCC3CCC4(c5nc(C(C)(C)C)no5)CCCC3C4)c2)cn1. The number of benzene rings is 1. The molecule has 5 rings (SSSR count). The Morgan fingerprint density at radius 3 is 2.69 bits per heavy atom. The lowest BCUT2D eigenvalue weighted by atomic mass is 9.58. The Morgan fingerprint density at radius 2 is 1.94 bits per heavy atom. The van der Waals surface area contributed by atoms with Crippen molar-refractivity contribution in [1.82, 2.24) is 20.1 Å². The Labute approximate surface area is 208 Å². The van der Waals surface area contributed by atoms with Crippen LogP contribution in [0.2, 0.25) is 0 Å². The van der Waals surface area contributed by atoms with Gasteiger partial charge < -0.3 is 14.6 Å². The highest BCUT2D eigenvalue weighted by Crippen LogP contribution is 2.52. The van der Waals surface area contributed by atoms with Crippen LogP contribution in [0.25, 0.3) is 11.1 Å². The van der Waals surface area contributed by atoms with Crippen molar-refractivity contribution in [2.75, 3.05) is 18.5 Å². The van der Waals surface area contributed by atoms with E-state index in [9.17, 15) is 0 Å². The fourth-order valence-corrected chi connectivity index (χ4v) is 5.78. The lowest BCUT2D eigenvalue weighted by Crippen LogP contribution is -2.42. The molecule has 3 atom stereocenters. The number of anilines is 1. The topological polar surface area (TPSA) is 86.0 Å². The van der Waals surface area contributed by atoms with Gasteiger partial charge in [0.1, 0.15) is 0 Å². The van der Waals surface area contributed by atoms with Crippen molar-refractivity contribution in [3.63, 3.8) is 0 Å². The Bertz CT molecular complexity index is 1140. The third-order valence-electron chi connectivity index (χ3n) is 7.76. The summed E-state index contributed by atoms with van der Waals surface area (Å²) in [6.07, 6.45) is 10.8. The molecule has 0 spiro atoms. The predicted octanol–water partition coefficient (Wildman–Crippen LogP) is 6.17. The maximum absolute atomic E-state index is 5.85. The summed E-state index contributed by atoms with van der Waals surface area (Å²) in [6, 6.07) is 8.92. The van der Waals surface area contributed by atoms with Gasteiger partial charge in [-0.25, -0.2) is 9.97 Å². The molecule has 0 saturated heterocycles. The molecule has 186 valence electrons. The maximum Gasteiger partial charge on any atom is 0.316 e. The molecule has 2 aliphatic rings. The summed E-state index contributed by atoms with van der Waals surface area (Å²) in [4.78, 5) is 13.5. The van der Waals surface area contributed by atoms with E-state index >= 15 is 0 Å². The molecule has 3 aromatic rings. The van der Waals surface area contributed by atoms with Gasteiger partial charge >= 0.3 is 6.01 Å². The molecule has 0 aliphatic heterocycles. The molecule has 3 unspecified atom stereocenters. The molecule has 2 aliphatic carbocycles. The van der Waals surface area contributed by atoms with Crippen LogP contribution < -0.4 is 10.1 Å². The summed E-state index contributed by atoms with van der Waals surface area (Å²) in [6.45, 7) is 9.91. The number of hydrogen-bond donors (Lipinski definition) is 1. The monoisotopic (exact) mass is 475 g/mol. The molecule has 0 amide bonds. The molecule has 1 aromatic carbocycles. The predicted molar refractivity (Wildman–Crippen MR) is 136 cm³/mol. The van der Waals surface area contributed by atoms with E-state index in [1.54, 1.807) is 0 Å². The Hall–Kier alpha value is -2.96. The van der Waals surface area contributed by atoms with E-state index in [1.165, 1.54) is 25.7 Å². The first-order chi connectivity index (χ1) is 16.9. The normalized spacial score (nSPS) is 24.2. The van der Waals surface area contributed by atoms with E-state index in [2.05, 4.69) is 65.5 Å². The fourth-order valence-electron chi connectivity index (χ4n) is 5.78. The molecule has 2 heterocycles. The first-order valence-electron chi connectivity index (χ1n) is 13.0. The molecule has 2 bridgehead atoms. The third kappa shape index (κ3) is 5.04. The van der Waals surface area contributed by atoms with Crippen molar-refractivity contribution in [3.8, 4) is 17.1 Å². The molecule has 2 aromatic heterocycles. The highest BCUT2D eigenvalue weighted by atomic mass is 16.5. The smallest absolute Gasteiger partial charge is 0.316 e. The second-order valence-electron chi connectivity index (χ2n) is 11.3. The summed E-state index contributed by atoms with van der Waals surface area (Å²) >= 11 is 0. The van der Waals surface area contributed by atoms with Gasteiger partial charge in [0.15, 0.2) is 5.82 Å². The Kier molecular flexibility index (Phi) is 6.51. The number of hydrogen-bond acceptors (Lipinski definition) is 7. The van der Waals surface area contributed by atoms with E-state index in [0.29, 0.717) is 24.5 Å². The zero-order chi connectivity index (χ0) is 24.5. The van der Waals surface area contributed by atoms with Crippen LogP contribution in [-0.4, -0.2) is 33.3 Å². The van der Waals surface area contributed by atoms with Gasteiger partial charge in [0, 0.05) is 41.0 Å². The van der Waals surface area contributed by atoms with Crippen LogP contribution in [0.3, 0.4) is 0 Å². The minimum atomic E-state index is -0.0838. The average molecular weight is 476 g/mol. The van der Waals surface area contributed by atoms with Crippen LogP contribution in [0.15, 0.2) is 41.2 Å². The zero-order valence-corrected chi connectivity index (χ0v) is 21.4. The molecule has 35 heavy (non-hydrogen) atoms. The number of nitrogens with one attached hydrogen (secondary N) is 1. The number of rotatable bonds is 7. The number of ether oxygens (including phenoxy) is 1. The van der Waals surface area contributed by atoms with E-state index in [0.717, 1.165) is 47.9 Å². The minimum absolute atomic E-state index is 0.0729. The molecule has 7 nitrogen and oxygen atoms in total. The van der Waals surface area contributed by atoms with Crippen molar-refractivity contribution >= 4 is 5.69 Å². The minimum Gasteiger partial charge on any atom is -0.464 e. The quantitative estimate of drug-likeness (QED) is 0.437. The average Bonchev–Trinajstić information content (AvgIpc) is 3.37. The first-order valence-corrected chi connectivity index (χ1v) is 13.0. The van der Waals surface area contributed by atoms with Crippen molar-refractivity contribution in [2.24, 2.45) is 11.8 Å².